The van der Waals surface area contributed by atoms with E-state index in [2.05, 4.69) is 20.9 Å². The molecule has 2 aromatic rings. The zero-order chi connectivity index (χ0) is 14.7. The first kappa shape index (κ1) is 13.6. The molecular formula is C14H17N5O2. The molecule has 0 radical (unpaired) electrons. The molecule has 1 atom stereocenters. The van der Waals surface area contributed by atoms with E-state index < -0.39 is 6.04 Å². The van der Waals surface area contributed by atoms with Gasteiger partial charge in [0.1, 0.15) is 18.4 Å². The highest BCUT2D eigenvalue weighted by molar-refractivity contribution is 5.84. The number of rotatable bonds is 3. The Labute approximate surface area is 122 Å². The quantitative estimate of drug-likeness (QED) is 0.840. The zero-order valence-corrected chi connectivity index (χ0v) is 11.7. The first-order valence-corrected chi connectivity index (χ1v) is 6.82. The summed E-state index contributed by atoms with van der Waals surface area (Å²) < 4.78 is 7.27. The minimum absolute atomic E-state index is 0.0887. The summed E-state index contributed by atoms with van der Waals surface area (Å²) in [6.45, 7) is 1.57. The van der Waals surface area contributed by atoms with Gasteiger partial charge in [-0.1, -0.05) is 23.4 Å². The first-order chi connectivity index (χ1) is 10.3. The van der Waals surface area contributed by atoms with E-state index in [1.54, 1.807) is 17.9 Å². The molecule has 1 aromatic carbocycles. The summed E-state index contributed by atoms with van der Waals surface area (Å²) in [5.41, 5.74) is 1.71. The fraction of sp³-hybridized carbons (Fsp3) is 0.357. The van der Waals surface area contributed by atoms with Crippen LogP contribution >= 0.6 is 0 Å². The molecule has 2 N–H and O–H groups in total. The van der Waals surface area contributed by atoms with Crippen LogP contribution in [0.4, 0.5) is 0 Å². The molecule has 1 unspecified atom stereocenters. The zero-order valence-electron chi connectivity index (χ0n) is 11.7. The molecule has 110 valence electrons. The van der Waals surface area contributed by atoms with Gasteiger partial charge in [0.05, 0.1) is 18.4 Å². The van der Waals surface area contributed by atoms with E-state index in [1.165, 1.54) is 0 Å². The smallest absolute Gasteiger partial charge is 0.242 e. The predicted molar refractivity (Wildman–Crippen MR) is 75.5 cm³/mol. The molecule has 7 heteroatoms. The van der Waals surface area contributed by atoms with E-state index in [-0.39, 0.29) is 5.91 Å². The average molecular weight is 287 g/mol. The summed E-state index contributed by atoms with van der Waals surface area (Å²) in [7, 11) is 1.79. The van der Waals surface area contributed by atoms with Gasteiger partial charge in [0.25, 0.3) is 0 Å². The molecule has 1 amide bonds. The number of carbonyl (C=O) groups is 1. The molecule has 1 aromatic heterocycles. The molecule has 7 nitrogen and oxygen atoms in total. The van der Waals surface area contributed by atoms with Gasteiger partial charge in [-0.2, -0.15) is 0 Å². The predicted octanol–water partition coefficient (Wildman–Crippen LogP) is 0.155. The number of nitrogens with zero attached hydrogens (tertiary/aromatic N) is 3. The number of amides is 1. The number of para-hydroxylation sites is 1. The van der Waals surface area contributed by atoms with Crippen LogP contribution in [0.1, 0.15) is 17.3 Å². The lowest BCUT2D eigenvalue weighted by molar-refractivity contribution is -0.123. The van der Waals surface area contributed by atoms with Crippen LogP contribution in [-0.2, 0) is 18.4 Å². The van der Waals surface area contributed by atoms with Crippen molar-refractivity contribution in [3.8, 4) is 5.75 Å². The molecule has 3 rings (SSSR count). The van der Waals surface area contributed by atoms with Crippen molar-refractivity contribution in [3.05, 3.63) is 41.7 Å². The number of hydrogen-bond donors (Lipinski definition) is 2. The average Bonchev–Trinajstić information content (AvgIpc) is 2.79. The van der Waals surface area contributed by atoms with Crippen molar-refractivity contribution in [1.29, 1.82) is 0 Å². The fourth-order valence-electron chi connectivity index (χ4n) is 2.31. The maximum atomic E-state index is 12.4. The van der Waals surface area contributed by atoms with Gasteiger partial charge in [-0.25, -0.2) is 0 Å². The normalized spacial score (nSPS) is 17.5. The number of hydrogen-bond acceptors (Lipinski definition) is 5. The van der Waals surface area contributed by atoms with Gasteiger partial charge >= 0.3 is 0 Å². The molecule has 0 fully saturated rings. The molecule has 1 aliphatic rings. The topological polar surface area (TPSA) is 81.1 Å². The Bertz CT molecular complexity index is 640. The molecule has 21 heavy (non-hydrogen) atoms. The Hall–Kier alpha value is -2.41. The van der Waals surface area contributed by atoms with E-state index in [9.17, 15) is 4.79 Å². The van der Waals surface area contributed by atoms with E-state index in [0.717, 1.165) is 17.0 Å². The van der Waals surface area contributed by atoms with Gasteiger partial charge in [-0.15, -0.1) is 5.10 Å². The Morgan fingerprint density at radius 1 is 1.52 bits per heavy atom. The maximum absolute atomic E-state index is 12.4. The third-order valence-electron chi connectivity index (χ3n) is 3.45. The SMILES string of the molecule is Cn1nncc1CNC(=O)C1NCCOc2ccccc21. The monoisotopic (exact) mass is 287 g/mol. The van der Waals surface area contributed by atoms with Crippen LogP contribution in [0.5, 0.6) is 5.75 Å². The number of benzene rings is 1. The molecule has 2 heterocycles. The second-order valence-corrected chi connectivity index (χ2v) is 4.84. The largest absolute Gasteiger partial charge is 0.492 e. The Morgan fingerprint density at radius 2 is 2.38 bits per heavy atom. The van der Waals surface area contributed by atoms with Crippen LogP contribution in [0.2, 0.25) is 0 Å². The lowest BCUT2D eigenvalue weighted by Gasteiger charge is -2.17. The van der Waals surface area contributed by atoms with Crippen LogP contribution in [-0.4, -0.2) is 34.1 Å². The minimum atomic E-state index is -0.412. The molecule has 0 saturated heterocycles. The summed E-state index contributed by atoms with van der Waals surface area (Å²) in [5, 5.41) is 13.7. The van der Waals surface area contributed by atoms with Crippen molar-refractivity contribution in [2.45, 2.75) is 12.6 Å². The maximum Gasteiger partial charge on any atom is 0.242 e. The van der Waals surface area contributed by atoms with E-state index in [0.29, 0.717) is 19.7 Å². The molecule has 0 saturated carbocycles. The van der Waals surface area contributed by atoms with Gasteiger partial charge in [-0.05, 0) is 6.07 Å². The molecular weight excluding hydrogens is 270 g/mol. The number of carbonyl (C=O) groups excluding carboxylic acids is 1. The Morgan fingerprint density at radius 3 is 3.19 bits per heavy atom. The molecule has 0 spiro atoms. The second kappa shape index (κ2) is 5.92. The van der Waals surface area contributed by atoms with Crippen LogP contribution in [0, 0.1) is 0 Å². The minimum Gasteiger partial charge on any atom is -0.492 e. The second-order valence-electron chi connectivity index (χ2n) is 4.84. The van der Waals surface area contributed by atoms with Crippen LogP contribution in [0.15, 0.2) is 30.5 Å². The van der Waals surface area contributed by atoms with E-state index >= 15 is 0 Å². The van der Waals surface area contributed by atoms with Crippen molar-refractivity contribution in [3.63, 3.8) is 0 Å². The third-order valence-corrected chi connectivity index (χ3v) is 3.45. The fourth-order valence-corrected chi connectivity index (χ4v) is 2.31. The lowest BCUT2D eigenvalue weighted by Crippen LogP contribution is -2.37. The molecule has 0 aliphatic carbocycles. The molecule has 0 bridgehead atoms. The first-order valence-electron chi connectivity index (χ1n) is 6.82. The summed E-state index contributed by atoms with van der Waals surface area (Å²) in [5.74, 6) is 0.666. The van der Waals surface area contributed by atoms with Crippen LogP contribution in [0.25, 0.3) is 0 Å². The summed E-state index contributed by atoms with van der Waals surface area (Å²) in [6.07, 6.45) is 1.64. The third kappa shape index (κ3) is 2.87. The van der Waals surface area contributed by atoms with Gasteiger partial charge < -0.3 is 10.1 Å². The highest BCUT2D eigenvalue weighted by Gasteiger charge is 2.25. The van der Waals surface area contributed by atoms with Gasteiger partial charge in [0.2, 0.25) is 5.91 Å². The molecule has 1 aliphatic heterocycles. The highest BCUT2D eigenvalue weighted by atomic mass is 16.5. The lowest BCUT2D eigenvalue weighted by atomic mass is 10.1. The van der Waals surface area contributed by atoms with Crippen molar-refractivity contribution in [2.24, 2.45) is 7.05 Å². The summed E-state index contributed by atoms with van der Waals surface area (Å²) >= 11 is 0. The Balaban J connectivity index is 1.73. The van der Waals surface area contributed by atoms with Gasteiger partial charge in [0, 0.05) is 19.2 Å². The van der Waals surface area contributed by atoms with E-state index in [1.807, 2.05) is 24.3 Å². The number of ether oxygens (including phenoxy) is 1. The number of aryl methyl sites for hydroxylation is 1. The highest BCUT2D eigenvalue weighted by Crippen LogP contribution is 2.26. The summed E-state index contributed by atoms with van der Waals surface area (Å²) in [6, 6.07) is 7.18. The summed E-state index contributed by atoms with van der Waals surface area (Å²) in [4.78, 5) is 12.4. The van der Waals surface area contributed by atoms with Crippen molar-refractivity contribution >= 4 is 5.91 Å². The number of nitrogens with one attached hydrogen (secondary N) is 2. The standard InChI is InChI=1S/C14H17N5O2/c1-19-10(9-17-18-19)8-16-14(20)13-11-4-2-3-5-12(11)21-7-6-15-13/h2-5,9,13,15H,6-8H2,1H3,(H,16,20). The van der Waals surface area contributed by atoms with Crippen molar-refractivity contribution in [1.82, 2.24) is 25.6 Å². The number of aromatic nitrogens is 3. The van der Waals surface area contributed by atoms with Crippen LogP contribution < -0.4 is 15.4 Å². The van der Waals surface area contributed by atoms with Crippen LogP contribution in [0.3, 0.4) is 0 Å². The van der Waals surface area contributed by atoms with Crippen molar-refractivity contribution < 1.29 is 9.53 Å². The van der Waals surface area contributed by atoms with E-state index in [4.69, 9.17) is 4.74 Å². The number of fused-ring (bicyclic) bond motifs is 1. The van der Waals surface area contributed by atoms with Crippen molar-refractivity contribution in [2.75, 3.05) is 13.2 Å². The van der Waals surface area contributed by atoms with Gasteiger partial charge in [-0.3, -0.25) is 14.8 Å². The Kier molecular flexibility index (Phi) is 3.83. The van der Waals surface area contributed by atoms with Gasteiger partial charge in [0.15, 0.2) is 0 Å².